The van der Waals surface area contributed by atoms with E-state index in [-0.39, 0.29) is 12.4 Å². The van der Waals surface area contributed by atoms with Gasteiger partial charge in [0.1, 0.15) is 11.3 Å². The molecular weight excluding hydrogens is 285 g/mol. The number of aromatic nitrogens is 1. The molecule has 5 nitrogen and oxygen atoms in total. The van der Waals surface area contributed by atoms with E-state index in [1.54, 1.807) is 19.1 Å². The molecule has 3 rings (SSSR count). The maximum Gasteiger partial charge on any atom is 0.251 e. The van der Waals surface area contributed by atoms with Crippen LogP contribution < -0.4 is 10.6 Å². The molecule has 1 saturated heterocycles. The van der Waals surface area contributed by atoms with Crippen LogP contribution in [0.3, 0.4) is 0 Å². The van der Waals surface area contributed by atoms with Gasteiger partial charge in [-0.05, 0) is 31.9 Å². The zero-order valence-electron chi connectivity index (χ0n) is 12.3. The average molecular weight is 303 g/mol. The van der Waals surface area contributed by atoms with Crippen molar-refractivity contribution in [1.29, 1.82) is 0 Å². The Balaban J connectivity index is 2.10. The Morgan fingerprint density at radius 3 is 3.00 bits per heavy atom. The second-order valence-corrected chi connectivity index (χ2v) is 5.84. The number of carbonyl (C=O) groups is 1. The number of hydrogen-bond acceptors (Lipinski definition) is 4. The van der Waals surface area contributed by atoms with E-state index >= 15 is 0 Å². The molecule has 1 aromatic carbocycles. The van der Waals surface area contributed by atoms with E-state index in [1.807, 2.05) is 11.0 Å². The topological polar surface area (TPSA) is 79.5 Å². The van der Waals surface area contributed by atoms with Gasteiger partial charge in [0, 0.05) is 23.3 Å². The summed E-state index contributed by atoms with van der Waals surface area (Å²) >= 11 is 0. The molecule has 116 valence electrons. The van der Waals surface area contributed by atoms with Gasteiger partial charge >= 0.3 is 0 Å². The minimum atomic E-state index is -1.55. The number of primary amides is 1. The Morgan fingerprint density at radius 1 is 1.50 bits per heavy atom. The molecule has 0 bridgehead atoms. The number of nitrogens with two attached hydrogens (primary N) is 1. The van der Waals surface area contributed by atoms with Gasteiger partial charge in [-0.25, -0.2) is 9.37 Å². The molecule has 0 saturated carbocycles. The molecule has 0 unspecified atom stereocenters. The molecule has 2 heterocycles. The Bertz CT molecular complexity index is 749. The molecule has 1 aliphatic heterocycles. The number of anilines is 1. The van der Waals surface area contributed by atoms with Gasteiger partial charge in [-0.15, -0.1) is 0 Å². The normalized spacial score (nSPS) is 22.0. The lowest BCUT2D eigenvalue weighted by Gasteiger charge is -2.38. The SMILES string of the molecule is Cc1cc(N2CCC[C@](O)(C(N)=O)C2)c2cccc(F)c2n1. The largest absolute Gasteiger partial charge is 0.378 e. The summed E-state index contributed by atoms with van der Waals surface area (Å²) in [5.74, 6) is -1.11. The molecule has 1 atom stereocenters. The van der Waals surface area contributed by atoms with E-state index in [1.165, 1.54) is 6.07 Å². The third kappa shape index (κ3) is 2.39. The van der Waals surface area contributed by atoms with Gasteiger partial charge in [-0.2, -0.15) is 0 Å². The summed E-state index contributed by atoms with van der Waals surface area (Å²) in [6, 6.07) is 6.63. The van der Waals surface area contributed by atoms with E-state index in [9.17, 15) is 14.3 Å². The number of aliphatic hydroxyl groups is 1. The molecule has 0 aliphatic carbocycles. The fourth-order valence-electron chi connectivity index (χ4n) is 3.02. The van der Waals surface area contributed by atoms with Crippen molar-refractivity contribution in [2.24, 2.45) is 5.73 Å². The fourth-order valence-corrected chi connectivity index (χ4v) is 3.02. The van der Waals surface area contributed by atoms with Gasteiger partial charge in [0.2, 0.25) is 0 Å². The predicted octanol–water partition coefficient (Wildman–Crippen LogP) is 1.50. The summed E-state index contributed by atoms with van der Waals surface area (Å²) in [7, 11) is 0. The average Bonchev–Trinajstić information content (AvgIpc) is 2.47. The maximum atomic E-state index is 14.0. The zero-order chi connectivity index (χ0) is 15.9. The summed E-state index contributed by atoms with van der Waals surface area (Å²) in [6.07, 6.45) is 0.979. The molecular formula is C16H18FN3O2. The number of nitrogens with zero attached hydrogens (tertiary/aromatic N) is 2. The molecule has 1 fully saturated rings. The number of piperidine rings is 1. The number of pyridine rings is 1. The highest BCUT2D eigenvalue weighted by Crippen LogP contribution is 2.32. The number of halogens is 1. The smallest absolute Gasteiger partial charge is 0.251 e. The number of rotatable bonds is 2. The van der Waals surface area contributed by atoms with Crippen LogP contribution in [0.1, 0.15) is 18.5 Å². The molecule has 0 spiro atoms. The Labute approximate surface area is 127 Å². The maximum absolute atomic E-state index is 14.0. The van der Waals surface area contributed by atoms with E-state index in [2.05, 4.69) is 4.98 Å². The highest BCUT2D eigenvalue weighted by Gasteiger charge is 2.39. The Kier molecular flexibility index (Phi) is 3.48. The van der Waals surface area contributed by atoms with Gasteiger partial charge < -0.3 is 15.7 Å². The quantitative estimate of drug-likeness (QED) is 0.881. The molecule has 1 aliphatic rings. The van der Waals surface area contributed by atoms with Gasteiger partial charge in [0.15, 0.2) is 5.60 Å². The standard InChI is InChI=1S/C16H18FN3O2/c1-10-8-13(11-4-2-5-12(17)14(11)19-10)20-7-3-6-16(22,9-20)15(18)21/h2,4-5,8,22H,3,6-7,9H2,1H3,(H2,18,21)/t16-/m1/s1. The number of hydrogen-bond donors (Lipinski definition) is 2. The first kappa shape index (κ1) is 14.7. The van der Waals surface area contributed by atoms with Crippen molar-refractivity contribution < 1.29 is 14.3 Å². The molecule has 1 aromatic heterocycles. The van der Waals surface area contributed by atoms with Crippen molar-refractivity contribution in [1.82, 2.24) is 4.98 Å². The second kappa shape index (κ2) is 5.21. The van der Waals surface area contributed by atoms with Gasteiger partial charge in [0.25, 0.3) is 5.91 Å². The molecule has 2 aromatic rings. The Morgan fingerprint density at radius 2 is 2.27 bits per heavy atom. The van der Waals surface area contributed by atoms with E-state index in [0.29, 0.717) is 36.0 Å². The van der Waals surface area contributed by atoms with E-state index < -0.39 is 11.5 Å². The highest BCUT2D eigenvalue weighted by atomic mass is 19.1. The summed E-state index contributed by atoms with van der Waals surface area (Å²) in [6.45, 7) is 2.57. The molecule has 3 N–H and O–H groups in total. The summed E-state index contributed by atoms with van der Waals surface area (Å²) < 4.78 is 14.0. The lowest BCUT2D eigenvalue weighted by Crippen LogP contribution is -2.56. The van der Waals surface area contributed by atoms with Crippen LogP contribution in [0.15, 0.2) is 24.3 Å². The minimum absolute atomic E-state index is 0.109. The van der Waals surface area contributed by atoms with Crippen molar-refractivity contribution in [3.8, 4) is 0 Å². The number of β-amino-alcohol motifs (C(OH)–C–C–N with tert-alkyl or cyclic N) is 1. The first-order valence-electron chi connectivity index (χ1n) is 7.24. The fraction of sp³-hybridized carbons (Fsp3) is 0.375. The van der Waals surface area contributed by atoms with Gasteiger partial charge in [-0.1, -0.05) is 12.1 Å². The predicted molar refractivity (Wildman–Crippen MR) is 82.0 cm³/mol. The summed E-state index contributed by atoms with van der Waals surface area (Å²) in [4.78, 5) is 17.6. The van der Waals surface area contributed by atoms with Crippen LogP contribution in [0.25, 0.3) is 10.9 Å². The second-order valence-electron chi connectivity index (χ2n) is 5.84. The van der Waals surface area contributed by atoms with Crippen LogP contribution in [0.4, 0.5) is 10.1 Å². The number of aryl methyl sites for hydroxylation is 1. The monoisotopic (exact) mass is 303 g/mol. The Hall–Kier alpha value is -2.21. The number of carbonyl (C=O) groups excluding carboxylic acids is 1. The van der Waals surface area contributed by atoms with Gasteiger partial charge in [-0.3, -0.25) is 4.79 Å². The van der Waals surface area contributed by atoms with Gasteiger partial charge in [0.05, 0.1) is 6.54 Å². The van der Waals surface area contributed by atoms with Crippen LogP contribution in [-0.4, -0.2) is 34.7 Å². The van der Waals surface area contributed by atoms with Crippen LogP contribution in [0.5, 0.6) is 0 Å². The number of fused-ring (bicyclic) bond motifs is 1. The first-order valence-corrected chi connectivity index (χ1v) is 7.24. The van der Waals surface area contributed by atoms with Crippen molar-refractivity contribution in [3.05, 3.63) is 35.8 Å². The molecule has 1 amide bonds. The third-order valence-electron chi connectivity index (χ3n) is 4.17. The van der Waals surface area contributed by atoms with Crippen molar-refractivity contribution in [2.75, 3.05) is 18.0 Å². The zero-order valence-corrected chi connectivity index (χ0v) is 12.3. The molecule has 0 radical (unpaired) electrons. The van der Waals surface area contributed by atoms with Crippen molar-refractivity contribution in [2.45, 2.75) is 25.4 Å². The van der Waals surface area contributed by atoms with Crippen molar-refractivity contribution in [3.63, 3.8) is 0 Å². The first-order chi connectivity index (χ1) is 10.4. The summed E-state index contributed by atoms with van der Waals surface area (Å²) in [5.41, 5.74) is 5.52. The van der Waals surface area contributed by atoms with Crippen LogP contribution >= 0.6 is 0 Å². The van der Waals surface area contributed by atoms with E-state index in [0.717, 1.165) is 5.69 Å². The van der Waals surface area contributed by atoms with E-state index in [4.69, 9.17) is 5.73 Å². The highest BCUT2D eigenvalue weighted by molar-refractivity contribution is 5.93. The molecule has 6 heteroatoms. The minimum Gasteiger partial charge on any atom is -0.378 e. The van der Waals surface area contributed by atoms with Crippen LogP contribution in [0, 0.1) is 12.7 Å². The van der Waals surface area contributed by atoms with Crippen LogP contribution in [-0.2, 0) is 4.79 Å². The number of para-hydroxylation sites is 1. The third-order valence-corrected chi connectivity index (χ3v) is 4.17. The summed E-state index contributed by atoms with van der Waals surface area (Å²) in [5, 5.41) is 11.0. The number of benzene rings is 1. The lowest BCUT2D eigenvalue weighted by molar-refractivity contribution is -0.137. The van der Waals surface area contributed by atoms with Crippen LogP contribution in [0.2, 0.25) is 0 Å². The molecule has 22 heavy (non-hydrogen) atoms. The lowest BCUT2D eigenvalue weighted by atomic mass is 9.91. The number of amides is 1. The van der Waals surface area contributed by atoms with Crippen molar-refractivity contribution >= 4 is 22.5 Å².